The zero-order chi connectivity index (χ0) is 17.7. The highest BCUT2D eigenvalue weighted by Crippen LogP contribution is 2.18. The lowest BCUT2D eigenvalue weighted by molar-refractivity contribution is -0.146. The summed E-state index contributed by atoms with van der Waals surface area (Å²) in [6.07, 6.45) is 4.68. The maximum Gasteiger partial charge on any atom is 0.331 e. The van der Waals surface area contributed by atoms with E-state index in [2.05, 4.69) is 4.57 Å². The number of hydrogen-bond donors (Lipinski definition) is 0. The van der Waals surface area contributed by atoms with Crippen LogP contribution < -0.4 is 0 Å². The second-order valence-corrected chi connectivity index (χ2v) is 5.72. The summed E-state index contributed by atoms with van der Waals surface area (Å²) in [5.74, 6) is 0.0725. The van der Waals surface area contributed by atoms with Crippen molar-refractivity contribution in [3.63, 3.8) is 0 Å². The Balaban J connectivity index is 2.02. The molecule has 128 valence electrons. The molecule has 0 aliphatic heterocycles. The van der Waals surface area contributed by atoms with Gasteiger partial charge in [-0.3, -0.25) is 4.79 Å². The Morgan fingerprint density at radius 1 is 1.33 bits per heavy atom. The quantitative estimate of drug-likeness (QED) is 0.602. The van der Waals surface area contributed by atoms with Gasteiger partial charge in [-0.15, -0.1) is 0 Å². The molecule has 2 heterocycles. The zero-order valence-electron chi connectivity index (χ0n) is 14.4. The molecule has 2 aromatic heterocycles. The van der Waals surface area contributed by atoms with E-state index in [-0.39, 0.29) is 12.5 Å². The van der Waals surface area contributed by atoms with Crippen molar-refractivity contribution >= 4 is 18.0 Å². The molecule has 0 aliphatic rings. The summed E-state index contributed by atoms with van der Waals surface area (Å²) < 4.78 is 12.4. The molecule has 0 aliphatic carbocycles. The Morgan fingerprint density at radius 3 is 2.71 bits per heavy atom. The lowest BCUT2D eigenvalue weighted by Gasteiger charge is -2.09. The Kier molecular flexibility index (Phi) is 5.63. The number of esters is 1. The van der Waals surface area contributed by atoms with Gasteiger partial charge in [0.2, 0.25) is 0 Å². The average molecular weight is 330 g/mol. The molecule has 2 aromatic rings. The molecule has 0 saturated carbocycles. The van der Waals surface area contributed by atoms with Crippen molar-refractivity contribution in [1.29, 1.82) is 0 Å². The summed E-state index contributed by atoms with van der Waals surface area (Å²) in [6.45, 7) is 4.37. The predicted molar refractivity (Wildman–Crippen MR) is 90.4 cm³/mol. The Labute approximate surface area is 141 Å². The van der Waals surface area contributed by atoms with Gasteiger partial charge in [-0.2, -0.15) is 0 Å². The minimum atomic E-state index is -0.541. The fourth-order valence-corrected chi connectivity index (χ4v) is 2.27. The van der Waals surface area contributed by atoms with Crippen molar-refractivity contribution in [2.24, 2.45) is 0 Å². The molecule has 0 aromatic carbocycles. The Bertz CT molecular complexity index is 739. The first-order valence-electron chi connectivity index (χ1n) is 7.62. The minimum absolute atomic E-state index is 0.256. The number of rotatable bonds is 6. The van der Waals surface area contributed by atoms with Gasteiger partial charge in [0.25, 0.3) is 5.91 Å². The van der Waals surface area contributed by atoms with Gasteiger partial charge >= 0.3 is 5.97 Å². The molecule has 0 fully saturated rings. The molecule has 0 N–H and O–H groups in total. The van der Waals surface area contributed by atoms with E-state index in [0.29, 0.717) is 6.54 Å². The summed E-state index contributed by atoms with van der Waals surface area (Å²) >= 11 is 0. The van der Waals surface area contributed by atoms with Crippen LogP contribution in [0, 0.1) is 13.8 Å². The fraction of sp³-hybridized carbons (Fsp3) is 0.333. The second kappa shape index (κ2) is 7.68. The topological polar surface area (TPSA) is 64.7 Å². The van der Waals surface area contributed by atoms with Gasteiger partial charge in [0.05, 0.1) is 12.8 Å². The number of carbonyl (C=O) groups is 2. The number of hydrogen-bond acceptors (Lipinski definition) is 4. The molecule has 2 rings (SSSR count). The van der Waals surface area contributed by atoms with E-state index in [1.165, 1.54) is 11.0 Å². The van der Waals surface area contributed by atoms with E-state index in [1.54, 1.807) is 26.4 Å². The van der Waals surface area contributed by atoms with Crippen LogP contribution in [0.1, 0.15) is 22.7 Å². The minimum Gasteiger partial charge on any atom is -0.467 e. The van der Waals surface area contributed by atoms with Gasteiger partial charge in [0.15, 0.2) is 6.61 Å². The molecule has 24 heavy (non-hydrogen) atoms. The Morgan fingerprint density at radius 2 is 2.08 bits per heavy atom. The first-order valence-corrected chi connectivity index (χ1v) is 7.62. The molecule has 0 radical (unpaired) electrons. The molecule has 0 spiro atoms. The van der Waals surface area contributed by atoms with E-state index in [0.717, 1.165) is 22.7 Å². The number of likely N-dealkylation sites (N-methyl/N-ethyl adjacent to an activating group) is 1. The molecule has 1 amide bonds. The van der Waals surface area contributed by atoms with Crippen molar-refractivity contribution in [1.82, 2.24) is 9.47 Å². The van der Waals surface area contributed by atoms with E-state index < -0.39 is 5.97 Å². The standard InChI is InChI=1S/C18H22N2O4/c1-13-10-15(7-8-18(22)24-12-17(21)19(3)4)14(2)20(13)11-16-6-5-9-23-16/h5-10H,11-12H2,1-4H3/b8-7+. The van der Waals surface area contributed by atoms with Crippen molar-refractivity contribution in [3.8, 4) is 0 Å². The molecule has 6 heteroatoms. The van der Waals surface area contributed by atoms with Gasteiger partial charge in [-0.1, -0.05) is 0 Å². The number of furan rings is 1. The van der Waals surface area contributed by atoms with Gasteiger partial charge in [-0.05, 0) is 43.7 Å². The molecular weight excluding hydrogens is 308 g/mol. The van der Waals surface area contributed by atoms with Crippen molar-refractivity contribution < 1.29 is 18.7 Å². The van der Waals surface area contributed by atoms with Crippen LogP contribution in [0.5, 0.6) is 0 Å². The van der Waals surface area contributed by atoms with Crippen LogP contribution in [0.3, 0.4) is 0 Å². The SMILES string of the molecule is Cc1cc(/C=C/C(=O)OCC(=O)N(C)C)c(C)n1Cc1ccco1. The highest BCUT2D eigenvalue weighted by molar-refractivity contribution is 5.89. The molecule has 0 saturated heterocycles. The third-order valence-electron chi connectivity index (χ3n) is 3.74. The fourth-order valence-electron chi connectivity index (χ4n) is 2.27. The number of aryl methyl sites for hydroxylation is 1. The molecular formula is C18H22N2O4. The lowest BCUT2D eigenvalue weighted by atomic mass is 10.2. The van der Waals surface area contributed by atoms with Crippen LogP contribution in [0.25, 0.3) is 6.08 Å². The van der Waals surface area contributed by atoms with Crippen LogP contribution in [0.4, 0.5) is 0 Å². The van der Waals surface area contributed by atoms with E-state index in [1.807, 2.05) is 32.0 Å². The predicted octanol–water partition coefficient (Wildman–Crippen LogP) is 2.39. The van der Waals surface area contributed by atoms with Crippen LogP contribution in [-0.2, 0) is 20.9 Å². The number of nitrogens with zero attached hydrogens (tertiary/aromatic N) is 2. The van der Waals surface area contributed by atoms with E-state index in [4.69, 9.17) is 9.15 Å². The summed E-state index contributed by atoms with van der Waals surface area (Å²) in [5.41, 5.74) is 3.02. The van der Waals surface area contributed by atoms with Crippen molar-refractivity contribution in [3.05, 3.63) is 53.2 Å². The Hall–Kier alpha value is -2.76. The molecule has 6 nitrogen and oxygen atoms in total. The third kappa shape index (κ3) is 4.38. The van der Waals surface area contributed by atoms with Crippen LogP contribution >= 0.6 is 0 Å². The highest BCUT2D eigenvalue weighted by Gasteiger charge is 2.10. The largest absolute Gasteiger partial charge is 0.467 e. The normalized spacial score (nSPS) is 11.0. The highest BCUT2D eigenvalue weighted by atomic mass is 16.5. The summed E-state index contributed by atoms with van der Waals surface area (Å²) in [4.78, 5) is 24.5. The van der Waals surface area contributed by atoms with Crippen molar-refractivity contribution in [2.45, 2.75) is 20.4 Å². The van der Waals surface area contributed by atoms with Gasteiger partial charge in [0.1, 0.15) is 5.76 Å². The van der Waals surface area contributed by atoms with Gasteiger partial charge < -0.3 is 18.6 Å². The lowest BCUT2D eigenvalue weighted by Crippen LogP contribution is -2.27. The van der Waals surface area contributed by atoms with Gasteiger partial charge in [-0.25, -0.2) is 4.79 Å². The van der Waals surface area contributed by atoms with Crippen LogP contribution in [0.15, 0.2) is 35.0 Å². The molecule has 0 bridgehead atoms. The monoisotopic (exact) mass is 330 g/mol. The molecule has 0 unspecified atom stereocenters. The maximum atomic E-state index is 11.7. The first-order chi connectivity index (χ1) is 11.4. The number of ether oxygens (including phenoxy) is 1. The maximum absolute atomic E-state index is 11.7. The van der Waals surface area contributed by atoms with Crippen molar-refractivity contribution in [2.75, 3.05) is 20.7 Å². The summed E-state index contributed by atoms with van der Waals surface area (Å²) in [6, 6.07) is 5.77. The number of amides is 1. The second-order valence-electron chi connectivity index (χ2n) is 5.72. The van der Waals surface area contributed by atoms with E-state index >= 15 is 0 Å². The van der Waals surface area contributed by atoms with Crippen LogP contribution in [-0.4, -0.2) is 42.0 Å². The average Bonchev–Trinajstić information content (AvgIpc) is 3.14. The van der Waals surface area contributed by atoms with E-state index in [9.17, 15) is 9.59 Å². The van der Waals surface area contributed by atoms with Gasteiger partial charge in [0, 0.05) is 31.6 Å². The number of aromatic nitrogens is 1. The smallest absolute Gasteiger partial charge is 0.331 e. The third-order valence-corrected chi connectivity index (χ3v) is 3.74. The number of carbonyl (C=O) groups excluding carboxylic acids is 2. The van der Waals surface area contributed by atoms with Crippen LogP contribution in [0.2, 0.25) is 0 Å². The zero-order valence-corrected chi connectivity index (χ0v) is 14.4. The molecule has 0 atom stereocenters. The summed E-state index contributed by atoms with van der Waals surface area (Å²) in [5, 5.41) is 0. The first kappa shape index (κ1) is 17.6. The summed E-state index contributed by atoms with van der Waals surface area (Å²) in [7, 11) is 3.22.